The Hall–Kier alpha value is -1.64. The Morgan fingerprint density at radius 1 is 0.696 bits per heavy atom. The summed E-state index contributed by atoms with van der Waals surface area (Å²) in [5, 5.41) is 0. The highest BCUT2D eigenvalue weighted by atomic mass is 16.6. The molecule has 0 heterocycles. The first-order chi connectivity index (χ1) is 11.1. The van der Waals surface area contributed by atoms with Crippen LogP contribution in [-0.2, 0) is 20.7 Å². The monoisotopic (exact) mass is 312 g/mol. The van der Waals surface area contributed by atoms with E-state index in [0.29, 0.717) is 13.2 Å². The first-order valence-electron chi connectivity index (χ1n) is 8.47. The van der Waals surface area contributed by atoms with Gasteiger partial charge in [-0.1, -0.05) is 67.6 Å². The highest BCUT2D eigenvalue weighted by Gasteiger charge is 2.49. The van der Waals surface area contributed by atoms with Crippen molar-refractivity contribution in [3.63, 3.8) is 0 Å². The second-order valence-electron chi connectivity index (χ2n) is 6.08. The zero-order chi connectivity index (χ0) is 16.8. The van der Waals surface area contributed by atoms with E-state index in [1.54, 1.807) is 0 Å². The van der Waals surface area contributed by atoms with Crippen molar-refractivity contribution in [3.05, 3.63) is 71.8 Å². The molecule has 0 aliphatic heterocycles. The fourth-order valence-electron chi connectivity index (χ4n) is 3.10. The van der Waals surface area contributed by atoms with Crippen LogP contribution in [0.1, 0.15) is 45.2 Å². The Morgan fingerprint density at radius 3 is 1.52 bits per heavy atom. The van der Waals surface area contributed by atoms with Crippen molar-refractivity contribution in [1.29, 1.82) is 0 Å². The van der Waals surface area contributed by atoms with E-state index in [4.69, 9.17) is 9.47 Å². The summed E-state index contributed by atoms with van der Waals surface area (Å²) in [4.78, 5) is 0. The van der Waals surface area contributed by atoms with Crippen LogP contribution in [0, 0.1) is 0 Å². The van der Waals surface area contributed by atoms with Crippen molar-refractivity contribution >= 4 is 0 Å². The van der Waals surface area contributed by atoms with E-state index >= 15 is 0 Å². The smallest absolute Gasteiger partial charge is 0.123 e. The van der Waals surface area contributed by atoms with Crippen LogP contribution in [0.3, 0.4) is 0 Å². The number of hydrogen-bond donors (Lipinski definition) is 0. The van der Waals surface area contributed by atoms with Crippen molar-refractivity contribution in [3.8, 4) is 0 Å². The highest BCUT2D eigenvalue weighted by molar-refractivity contribution is 5.33. The SMILES string of the molecule is CCCOC(C)(c1ccccc1)C(C)(OCC)c1ccccc1. The molecule has 0 spiro atoms. The van der Waals surface area contributed by atoms with Gasteiger partial charge in [0.25, 0.3) is 0 Å². The number of benzene rings is 2. The fraction of sp³-hybridized carbons (Fsp3) is 0.429. The molecular formula is C21H28O2. The normalized spacial score (nSPS) is 16.5. The highest BCUT2D eigenvalue weighted by Crippen LogP contribution is 2.46. The van der Waals surface area contributed by atoms with Gasteiger partial charge in [0.05, 0.1) is 0 Å². The maximum Gasteiger partial charge on any atom is 0.123 e. The molecule has 2 aromatic carbocycles. The van der Waals surface area contributed by atoms with Gasteiger partial charge in [0, 0.05) is 13.2 Å². The minimum atomic E-state index is -0.570. The summed E-state index contributed by atoms with van der Waals surface area (Å²) in [6, 6.07) is 20.8. The van der Waals surface area contributed by atoms with Crippen LogP contribution in [0.15, 0.2) is 60.7 Å². The van der Waals surface area contributed by atoms with Gasteiger partial charge in [0.1, 0.15) is 11.2 Å². The molecule has 0 aliphatic rings. The largest absolute Gasteiger partial charge is 0.367 e. The van der Waals surface area contributed by atoms with Crippen molar-refractivity contribution < 1.29 is 9.47 Å². The summed E-state index contributed by atoms with van der Waals surface area (Å²) >= 11 is 0. The molecule has 2 heteroatoms. The fourth-order valence-corrected chi connectivity index (χ4v) is 3.10. The molecule has 0 amide bonds. The maximum atomic E-state index is 6.41. The Morgan fingerprint density at radius 2 is 1.13 bits per heavy atom. The quantitative estimate of drug-likeness (QED) is 0.660. The lowest BCUT2D eigenvalue weighted by molar-refractivity contribution is -0.205. The van der Waals surface area contributed by atoms with Crippen molar-refractivity contribution in [2.45, 2.75) is 45.3 Å². The molecule has 2 unspecified atom stereocenters. The predicted molar refractivity (Wildman–Crippen MR) is 95.5 cm³/mol. The van der Waals surface area contributed by atoms with Crippen molar-refractivity contribution in [2.75, 3.05) is 13.2 Å². The van der Waals surface area contributed by atoms with Crippen LogP contribution in [0.2, 0.25) is 0 Å². The molecule has 0 saturated heterocycles. The number of hydrogen-bond acceptors (Lipinski definition) is 2. The lowest BCUT2D eigenvalue weighted by atomic mass is 9.75. The molecule has 23 heavy (non-hydrogen) atoms. The van der Waals surface area contributed by atoms with Gasteiger partial charge in [-0.25, -0.2) is 0 Å². The topological polar surface area (TPSA) is 18.5 Å². The molecule has 2 rings (SSSR count). The molecule has 124 valence electrons. The molecule has 2 atom stereocenters. The summed E-state index contributed by atoms with van der Waals surface area (Å²) in [6.07, 6.45) is 0.972. The maximum absolute atomic E-state index is 6.41. The van der Waals surface area contributed by atoms with Gasteiger partial charge in [-0.15, -0.1) is 0 Å². The Labute approximate surface area is 140 Å². The van der Waals surface area contributed by atoms with Gasteiger partial charge in [-0.3, -0.25) is 0 Å². The standard InChI is InChI=1S/C21H28O2/c1-5-17-23-21(4,19-15-11-8-12-16-19)20(3,22-6-2)18-13-9-7-10-14-18/h7-16H,5-6,17H2,1-4H3. The van der Waals surface area contributed by atoms with Crippen LogP contribution in [0.25, 0.3) is 0 Å². The van der Waals surface area contributed by atoms with Crippen LogP contribution in [-0.4, -0.2) is 13.2 Å². The zero-order valence-corrected chi connectivity index (χ0v) is 14.7. The van der Waals surface area contributed by atoms with Crippen LogP contribution < -0.4 is 0 Å². The molecular weight excluding hydrogens is 284 g/mol. The van der Waals surface area contributed by atoms with Gasteiger partial charge in [-0.2, -0.15) is 0 Å². The minimum absolute atomic E-state index is 0.568. The number of ether oxygens (including phenoxy) is 2. The van der Waals surface area contributed by atoms with E-state index in [0.717, 1.165) is 17.5 Å². The summed E-state index contributed by atoms with van der Waals surface area (Å²) in [6.45, 7) is 9.76. The summed E-state index contributed by atoms with van der Waals surface area (Å²) in [5.74, 6) is 0. The minimum Gasteiger partial charge on any atom is -0.367 e. The second-order valence-corrected chi connectivity index (χ2v) is 6.08. The molecule has 0 radical (unpaired) electrons. The third kappa shape index (κ3) is 3.49. The van der Waals surface area contributed by atoms with Crippen LogP contribution in [0.5, 0.6) is 0 Å². The summed E-state index contributed by atoms with van der Waals surface area (Å²) in [5.41, 5.74) is 1.12. The van der Waals surface area contributed by atoms with Crippen LogP contribution in [0.4, 0.5) is 0 Å². The predicted octanol–water partition coefficient (Wildman–Crippen LogP) is 5.28. The first kappa shape index (κ1) is 17.7. The molecule has 0 saturated carbocycles. The van der Waals surface area contributed by atoms with E-state index in [1.165, 1.54) is 0 Å². The molecule has 0 aromatic heterocycles. The van der Waals surface area contributed by atoms with E-state index in [-0.39, 0.29) is 0 Å². The molecule has 2 nitrogen and oxygen atoms in total. The van der Waals surface area contributed by atoms with Gasteiger partial charge in [0.2, 0.25) is 0 Å². The molecule has 0 N–H and O–H groups in total. The van der Waals surface area contributed by atoms with E-state index < -0.39 is 11.2 Å². The van der Waals surface area contributed by atoms with E-state index in [1.807, 2.05) is 19.1 Å². The second kappa shape index (κ2) is 7.76. The lowest BCUT2D eigenvalue weighted by Crippen LogP contribution is -2.49. The molecule has 0 fully saturated rings. The van der Waals surface area contributed by atoms with Gasteiger partial charge >= 0.3 is 0 Å². The lowest BCUT2D eigenvalue weighted by Gasteiger charge is -2.46. The van der Waals surface area contributed by atoms with Gasteiger partial charge < -0.3 is 9.47 Å². The van der Waals surface area contributed by atoms with Crippen molar-refractivity contribution in [2.24, 2.45) is 0 Å². The third-order valence-electron chi connectivity index (χ3n) is 4.59. The third-order valence-corrected chi connectivity index (χ3v) is 4.59. The first-order valence-corrected chi connectivity index (χ1v) is 8.47. The summed E-state index contributed by atoms with van der Waals surface area (Å²) in [7, 11) is 0. The van der Waals surface area contributed by atoms with Crippen molar-refractivity contribution in [1.82, 2.24) is 0 Å². The molecule has 0 bridgehead atoms. The van der Waals surface area contributed by atoms with Gasteiger partial charge in [-0.05, 0) is 38.3 Å². The molecule has 2 aromatic rings. The summed E-state index contributed by atoms with van der Waals surface area (Å²) < 4.78 is 12.7. The Kier molecular flexibility index (Phi) is 5.97. The van der Waals surface area contributed by atoms with E-state index in [9.17, 15) is 0 Å². The Balaban J connectivity index is 2.57. The Bertz CT molecular complexity index is 581. The average Bonchev–Trinajstić information content (AvgIpc) is 2.61. The van der Waals surface area contributed by atoms with Crippen LogP contribution >= 0.6 is 0 Å². The molecule has 0 aliphatic carbocycles. The van der Waals surface area contributed by atoms with E-state index in [2.05, 4.69) is 69.3 Å². The van der Waals surface area contributed by atoms with Gasteiger partial charge in [0.15, 0.2) is 0 Å². The zero-order valence-electron chi connectivity index (χ0n) is 14.7. The number of rotatable bonds is 8. The average molecular weight is 312 g/mol.